The molecule has 21 heavy (non-hydrogen) atoms. The van der Waals surface area contributed by atoms with Crippen LogP contribution in [0, 0.1) is 6.92 Å². The van der Waals surface area contributed by atoms with E-state index in [-0.39, 0.29) is 5.91 Å². The van der Waals surface area contributed by atoms with Crippen LogP contribution in [0.1, 0.15) is 21.7 Å². The predicted octanol–water partition coefficient (Wildman–Crippen LogP) is 2.33. The summed E-state index contributed by atoms with van der Waals surface area (Å²) in [6, 6.07) is 7.62. The predicted molar refractivity (Wildman–Crippen MR) is 76.9 cm³/mol. The standard InChI is InChI=1S/C16H17NO4/c1-11-5-7-21-15(11)16(18)17-6-4-12-2-3-13-14(10-12)20-9-8-19-13/h2-3,5,7,10H,4,6,8-9H2,1H3,(H,17,18). The summed E-state index contributed by atoms with van der Waals surface area (Å²) < 4.78 is 16.2. The lowest BCUT2D eigenvalue weighted by Crippen LogP contribution is -2.25. The van der Waals surface area contributed by atoms with E-state index in [1.165, 1.54) is 6.26 Å². The molecule has 0 unspecified atom stereocenters. The molecule has 110 valence electrons. The maximum absolute atomic E-state index is 11.9. The van der Waals surface area contributed by atoms with E-state index in [4.69, 9.17) is 13.9 Å². The number of carbonyl (C=O) groups excluding carboxylic acids is 1. The van der Waals surface area contributed by atoms with Crippen molar-refractivity contribution in [2.45, 2.75) is 13.3 Å². The molecule has 1 aliphatic heterocycles. The molecule has 5 nitrogen and oxygen atoms in total. The molecule has 1 aliphatic rings. The number of benzene rings is 1. The summed E-state index contributed by atoms with van der Waals surface area (Å²) in [6.45, 7) is 3.55. The second-order valence-corrected chi connectivity index (χ2v) is 4.92. The van der Waals surface area contributed by atoms with Crippen molar-refractivity contribution in [1.82, 2.24) is 5.32 Å². The zero-order chi connectivity index (χ0) is 14.7. The summed E-state index contributed by atoms with van der Waals surface area (Å²) >= 11 is 0. The number of carbonyl (C=O) groups is 1. The Morgan fingerprint density at radius 3 is 2.76 bits per heavy atom. The van der Waals surface area contributed by atoms with Gasteiger partial charge >= 0.3 is 0 Å². The molecule has 2 aromatic rings. The Balaban J connectivity index is 1.56. The van der Waals surface area contributed by atoms with E-state index in [0.717, 1.165) is 29.0 Å². The number of rotatable bonds is 4. The van der Waals surface area contributed by atoms with E-state index in [9.17, 15) is 4.79 Å². The van der Waals surface area contributed by atoms with Crippen LogP contribution < -0.4 is 14.8 Å². The molecule has 0 fully saturated rings. The number of fused-ring (bicyclic) bond motifs is 1. The van der Waals surface area contributed by atoms with Gasteiger partial charge in [-0.05, 0) is 37.1 Å². The van der Waals surface area contributed by atoms with Crippen LogP contribution in [-0.2, 0) is 6.42 Å². The Labute approximate surface area is 122 Å². The van der Waals surface area contributed by atoms with Gasteiger partial charge in [-0.3, -0.25) is 4.79 Å². The van der Waals surface area contributed by atoms with E-state index in [1.807, 2.05) is 25.1 Å². The first-order valence-electron chi connectivity index (χ1n) is 6.95. The smallest absolute Gasteiger partial charge is 0.287 e. The molecule has 0 saturated carbocycles. The van der Waals surface area contributed by atoms with E-state index < -0.39 is 0 Å². The monoisotopic (exact) mass is 287 g/mol. The number of furan rings is 1. The molecular weight excluding hydrogens is 270 g/mol. The van der Waals surface area contributed by atoms with Crippen LogP contribution >= 0.6 is 0 Å². The van der Waals surface area contributed by atoms with Crippen molar-refractivity contribution in [2.24, 2.45) is 0 Å². The van der Waals surface area contributed by atoms with E-state index in [1.54, 1.807) is 6.07 Å². The van der Waals surface area contributed by atoms with Crippen molar-refractivity contribution >= 4 is 5.91 Å². The third-order valence-corrected chi connectivity index (χ3v) is 3.37. The van der Waals surface area contributed by atoms with Crippen molar-refractivity contribution < 1.29 is 18.7 Å². The maximum atomic E-state index is 11.9. The molecular formula is C16H17NO4. The van der Waals surface area contributed by atoms with Gasteiger partial charge in [-0.2, -0.15) is 0 Å². The highest BCUT2D eigenvalue weighted by Gasteiger charge is 2.13. The zero-order valence-corrected chi connectivity index (χ0v) is 11.8. The SMILES string of the molecule is Cc1ccoc1C(=O)NCCc1ccc2c(c1)OCCO2. The minimum atomic E-state index is -0.185. The molecule has 5 heteroatoms. The Morgan fingerprint density at radius 1 is 1.19 bits per heavy atom. The largest absolute Gasteiger partial charge is 0.486 e. The molecule has 0 saturated heterocycles. The fraction of sp³-hybridized carbons (Fsp3) is 0.312. The summed E-state index contributed by atoms with van der Waals surface area (Å²) in [7, 11) is 0. The van der Waals surface area contributed by atoms with Crippen molar-refractivity contribution in [2.75, 3.05) is 19.8 Å². The molecule has 3 rings (SSSR count). The molecule has 0 radical (unpaired) electrons. The number of aryl methyl sites for hydroxylation is 1. The van der Waals surface area contributed by atoms with E-state index in [0.29, 0.717) is 25.5 Å². The Kier molecular flexibility index (Phi) is 3.81. The molecule has 0 spiro atoms. The summed E-state index contributed by atoms with van der Waals surface area (Å²) in [6.07, 6.45) is 2.24. The third kappa shape index (κ3) is 3.02. The summed E-state index contributed by atoms with van der Waals surface area (Å²) in [4.78, 5) is 11.9. The van der Waals surface area contributed by atoms with Crippen LogP contribution in [0.3, 0.4) is 0 Å². The Bertz CT molecular complexity index is 647. The van der Waals surface area contributed by atoms with Crippen molar-refractivity contribution in [1.29, 1.82) is 0 Å². The Morgan fingerprint density at radius 2 is 2.00 bits per heavy atom. The number of nitrogens with one attached hydrogen (secondary N) is 1. The highest BCUT2D eigenvalue weighted by atomic mass is 16.6. The van der Waals surface area contributed by atoms with Crippen LogP contribution in [0.2, 0.25) is 0 Å². The van der Waals surface area contributed by atoms with Crippen LogP contribution in [0.15, 0.2) is 34.9 Å². The van der Waals surface area contributed by atoms with Gasteiger partial charge in [0.05, 0.1) is 6.26 Å². The lowest BCUT2D eigenvalue weighted by molar-refractivity contribution is 0.0925. The normalized spacial score (nSPS) is 13.0. The average molecular weight is 287 g/mol. The van der Waals surface area contributed by atoms with Crippen LogP contribution in [0.25, 0.3) is 0 Å². The maximum Gasteiger partial charge on any atom is 0.287 e. The highest BCUT2D eigenvalue weighted by Crippen LogP contribution is 2.30. The second kappa shape index (κ2) is 5.91. The molecule has 0 aliphatic carbocycles. The summed E-state index contributed by atoms with van der Waals surface area (Å²) in [5.74, 6) is 1.74. The number of hydrogen-bond donors (Lipinski definition) is 1. The molecule has 1 amide bonds. The van der Waals surface area contributed by atoms with Gasteiger partial charge in [-0.1, -0.05) is 6.07 Å². The van der Waals surface area contributed by atoms with Gasteiger partial charge in [0.15, 0.2) is 17.3 Å². The van der Waals surface area contributed by atoms with Gasteiger partial charge in [0.25, 0.3) is 5.91 Å². The summed E-state index contributed by atoms with van der Waals surface area (Å²) in [5, 5.41) is 2.85. The minimum absolute atomic E-state index is 0.185. The van der Waals surface area contributed by atoms with Crippen molar-refractivity contribution in [3.8, 4) is 11.5 Å². The lowest BCUT2D eigenvalue weighted by Gasteiger charge is -2.18. The van der Waals surface area contributed by atoms with Gasteiger partial charge in [0.2, 0.25) is 0 Å². The first kappa shape index (κ1) is 13.5. The molecule has 0 atom stereocenters. The van der Waals surface area contributed by atoms with Crippen LogP contribution in [0.4, 0.5) is 0 Å². The first-order valence-corrected chi connectivity index (χ1v) is 6.95. The topological polar surface area (TPSA) is 60.7 Å². The van der Waals surface area contributed by atoms with Crippen LogP contribution in [-0.4, -0.2) is 25.7 Å². The van der Waals surface area contributed by atoms with Gasteiger partial charge in [-0.25, -0.2) is 0 Å². The fourth-order valence-electron chi connectivity index (χ4n) is 2.25. The highest BCUT2D eigenvalue weighted by molar-refractivity contribution is 5.92. The van der Waals surface area contributed by atoms with E-state index in [2.05, 4.69) is 5.32 Å². The zero-order valence-electron chi connectivity index (χ0n) is 11.8. The lowest BCUT2D eigenvalue weighted by atomic mass is 10.1. The van der Waals surface area contributed by atoms with Gasteiger partial charge < -0.3 is 19.2 Å². The number of amides is 1. The van der Waals surface area contributed by atoms with Gasteiger partial charge in [0.1, 0.15) is 13.2 Å². The molecule has 1 N–H and O–H groups in total. The summed E-state index contributed by atoms with van der Waals surface area (Å²) in [5.41, 5.74) is 1.93. The van der Waals surface area contributed by atoms with Crippen molar-refractivity contribution in [3.63, 3.8) is 0 Å². The Hall–Kier alpha value is -2.43. The average Bonchev–Trinajstić information content (AvgIpc) is 2.93. The third-order valence-electron chi connectivity index (χ3n) is 3.37. The molecule has 1 aromatic carbocycles. The molecule has 1 aromatic heterocycles. The first-order chi connectivity index (χ1) is 10.2. The minimum Gasteiger partial charge on any atom is -0.486 e. The second-order valence-electron chi connectivity index (χ2n) is 4.92. The van der Waals surface area contributed by atoms with Gasteiger partial charge in [0, 0.05) is 12.1 Å². The van der Waals surface area contributed by atoms with Crippen molar-refractivity contribution in [3.05, 3.63) is 47.4 Å². The molecule has 2 heterocycles. The van der Waals surface area contributed by atoms with Gasteiger partial charge in [-0.15, -0.1) is 0 Å². The van der Waals surface area contributed by atoms with E-state index >= 15 is 0 Å². The fourth-order valence-corrected chi connectivity index (χ4v) is 2.25. The molecule has 0 bridgehead atoms. The number of hydrogen-bond acceptors (Lipinski definition) is 4. The quantitative estimate of drug-likeness (QED) is 0.937. The number of ether oxygens (including phenoxy) is 2. The van der Waals surface area contributed by atoms with Crippen LogP contribution in [0.5, 0.6) is 11.5 Å².